The first-order chi connectivity index (χ1) is 15.8. The van der Waals surface area contributed by atoms with E-state index in [1.54, 1.807) is 58.8 Å². The van der Waals surface area contributed by atoms with E-state index < -0.39 is 0 Å². The number of amides is 1. The molecule has 0 aliphatic rings. The average Bonchev–Trinajstić information content (AvgIpc) is 3.51. The summed E-state index contributed by atoms with van der Waals surface area (Å²) in [6.07, 6.45) is 3.27. The summed E-state index contributed by atoms with van der Waals surface area (Å²) in [7, 11) is 3.36. The summed E-state index contributed by atoms with van der Waals surface area (Å²) in [6.45, 7) is 8.27. The van der Waals surface area contributed by atoms with Gasteiger partial charge >= 0.3 is 0 Å². The predicted octanol–water partition coefficient (Wildman–Crippen LogP) is 4.75. The summed E-state index contributed by atoms with van der Waals surface area (Å²) < 4.78 is 6.99. The van der Waals surface area contributed by atoms with Gasteiger partial charge in [-0.05, 0) is 39.8 Å². The Kier molecular flexibility index (Phi) is 6.68. The Morgan fingerprint density at radius 2 is 2.06 bits per heavy atom. The monoisotopic (exact) mass is 482 g/mol. The van der Waals surface area contributed by atoms with Gasteiger partial charge in [0, 0.05) is 46.7 Å². The molecular weight excluding hydrogens is 456 g/mol. The van der Waals surface area contributed by atoms with Crippen LogP contribution in [0.3, 0.4) is 0 Å². The molecular formula is C23H26N6O2S2. The highest BCUT2D eigenvalue weighted by atomic mass is 32.1. The molecule has 4 rings (SSSR count). The number of aryl methyl sites for hydroxylation is 3. The lowest BCUT2D eigenvalue weighted by Crippen LogP contribution is -2.30. The zero-order valence-corrected chi connectivity index (χ0v) is 21.1. The first-order valence-corrected chi connectivity index (χ1v) is 12.2. The van der Waals surface area contributed by atoms with Crippen LogP contribution < -0.4 is 0 Å². The SMILES string of the molecule is COCc1c(C(=O)N(C)[C@@H](C)c2nc(C)cs2)cnn1-c1nccc(-c2cc(C)sc2C)n1. The molecule has 0 bridgehead atoms. The van der Waals surface area contributed by atoms with Gasteiger partial charge in [0.2, 0.25) is 0 Å². The first kappa shape index (κ1) is 23.2. The van der Waals surface area contributed by atoms with E-state index in [1.807, 2.05) is 25.3 Å². The van der Waals surface area contributed by atoms with Crippen LogP contribution in [0.2, 0.25) is 0 Å². The molecule has 0 spiro atoms. The van der Waals surface area contributed by atoms with Crippen molar-refractivity contribution < 1.29 is 9.53 Å². The van der Waals surface area contributed by atoms with Crippen LogP contribution in [0, 0.1) is 20.8 Å². The maximum atomic E-state index is 13.4. The van der Waals surface area contributed by atoms with Crippen molar-refractivity contribution in [1.29, 1.82) is 0 Å². The minimum absolute atomic E-state index is 0.158. The van der Waals surface area contributed by atoms with Gasteiger partial charge in [-0.15, -0.1) is 22.7 Å². The molecule has 0 radical (unpaired) electrons. The Balaban J connectivity index is 1.69. The molecule has 4 heterocycles. The Labute approximate surface area is 200 Å². The van der Waals surface area contributed by atoms with Gasteiger partial charge in [-0.2, -0.15) is 9.78 Å². The van der Waals surface area contributed by atoms with Crippen molar-refractivity contribution in [3.8, 4) is 17.2 Å². The van der Waals surface area contributed by atoms with Gasteiger partial charge in [-0.3, -0.25) is 4.79 Å². The standard InChI is InChI=1S/C23H26N6O2S2/c1-13-12-32-21(26-13)15(3)28(5)22(30)18-10-25-29(20(18)11-31-6)23-24-8-7-19(27-23)17-9-14(2)33-16(17)4/h7-10,12,15H,11H2,1-6H3/t15-/m0/s1. The number of methoxy groups -OCH3 is 1. The highest BCUT2D eigenvalue weighted by Gasteiger charge is 2.26. The van der Waals surface area contributed by atoms with Gasteiger partial charge in [0.1, 0.15) is 5.01 Å². The third-order valence-electron chi connectivity index (χ3n) is 5.43. The van der Waals surface area contributed by atoms with Crippen molar-refractivity contribution >= 4 is 28.6 Å². The Hall–Kier alpha value is -2.95. The van der Waals surface area contributed by atoms with Crippen LogP contribution in [-0.4, -0.2) is 49.7 Å². The molecule has 8 nitrogen and oxygen atoms in total. The molecule has 0 fully saturated rings. The normalized spacial score (nSPS) is 12.2. The molecule has 0 aliphatic heterocycles. The van der Waals surface area contributed by atoms with Crippen molar-refractivity contribution in [1.82, 2.24) is 29.6 Å². The largest absolute Gasteiger partial charge is 0.378 e. The molecule has 33 heavy (non-hydrogen) atoms. The summed E-state index contributed by atoms with van der Waals surface area (Å²) in [5, 5.41) is 7.34. The van der Waals surface area contributed by atoms with Gasteiger partial charge in [0.05, 0.1) is 35.8 Å². The molecule has 0 saturated carbocycles. The minimum atomic E-state index is -0.167. The highest BCUT2D eigenvalue weighted by molar-refractivity contribution is 7.12. The first-order valence-electron chi connectivity index (χ1n) is 10.5. The summed E-state index contributed by atoms with van der Waals surface area (Å²) in [6, 6.07) is 3.84. The van der Waals surface area contributed by atoms with E-state index >= 15 is 0 Å². The summed E-state index contributed by atoms with van der Waals surface area (Å²) >= 11 is 3.28. The molecule has 1 atom stereocenters. The maximum absolute atomic E-state index is 13.4. The van der Waals surface area contributed by atoms with Crippen molar-refractivity contribution in [2.45, 2.75) is 40.3 Å². The lowest BCUT2D eigenvalue weighted by Gasteiger charge is -2.23. The predicted molar refractivity (Wildman–Crippen MR) is 130 cm³/mol. The number of aromatic nitrogens is 5. The van der Waals surface area contributed by atoms with E-state index in [-0.39, 0.29) is 18.6 Å². The van der Waals surface area contributed by atoms with E-state index in [2.05, 4.69) is 35.0 Å². The second-order valence-electron chi connectivity index (χ2n) is 7.84. The molecule has 4 aromatic heterocycles. The smallest absolute Gasteiger partial charge is 0.257 e. The number of thiophene rings is 1. The van der Waals surface area contributed by atoms with E-state index in [1.165, 1.54) is 9.75 Å². The van der Waals surface area contributed by atoms with Gasteiger partial charge in [0.25, 0.3) is 11.9 Å². The van der Waals surface area contributed by atoms with Gasteiger partial charge in [-0.1, -0.05) is 0 Å². The molecule has 10 heteroatoms. The van der Waals surface area contributed by atoms with Crippen LogP contribution in [0.5, 0.6) is 0 Å². The Bertz CT molecular complexity index is 1290. The van der Waals surface area contributed by atoms with E-state index in [0.717, 1.165) is 22.0 Å². The molecule has 0 saturated heterocycles. The lowest BCUT2D eigenvalue weighted by molar-refractivity contribution is 0.0737. The fraction of sp³-hybridized carbons (Fsp3) is 0.348. The summed E-state index contributed by atoms with van der Waals surface area (Å²) in [5.41, 5.74) is 3.90. The fourth-order valence-electron chi connectivity index (χ4n) is 3.58. The number of carbonyl (C=O) groups is 1. The Morgan fingerprint density at radius 1 is 1.27 bits per heavy atom. The van der Waals surface area contributed by atoms with Crippen molar-refractivity contribution in [2.24, 2.45) is 0 Å². The summed E-state index contributed by atoms with van der Waals surface area (Å²) in [5.74, 6) is 0.238. The molecule has 0 unspecified atom stereocenters. The molecule has 0 aromatic carbocycles. The van der Waals surface area contributed by atoms with E-state index in [4.69, 9.17) is 9.72 Å². The van der Waals surface area contributed by atoms with Crippen LogP contribution in [0.15, 0.2) is 29.9 Å². The lowest BCUT2D eigenvalue weighted by atomic mass is 10.2. The number of ether oxygens (including phenoxy) is 1. The topological polar surface area (TPSA) is 86.0 Å². The van der Waals surface area contributed by atoms with Gasteiger partial charge in [-0.25, -0.2) is 15.0 Å². The van der Waals surface area contributed by atoms with Crippen LogP contribution in [0.25, 0.3) is 17.2 Å². The zero-order chi connectivity index (χ0) is 23.7. The van der Waals surface area contributed by atoms with Crippen LogP contribution in [0.4, 0.5) is 0 Å². The Morgan fingerprint density at radius 3 is 2.70 bits per heavy atom. The number of hydrogen-bond donors (Lipinski definition) is 0. The minimum Gasteiger partial charge on any atom is -0.378 e. The number of rotatable bonds is 7. The summed E-state index contributed by atoms with van der Waals surface area (Å²) in [4.78, 5) is 31.2. The van der Waals surface area contributed by atoms with Crippen molar-refractivity contribution in [3.05, 3.63) is 61.6 Å². The molecule has 1 amide bonds. The zero-order valence-electron chi connectivity index (χ0n) is 19.5. The molecule has 0 aliphatic carbocycles. The van der Waals surface area contributed by atoms with Gasteiger partial charge in [0.15, 0.2) is 0 Å². The molecule has 4 aromatic rings. The number of thiazole rings is 1. The average molecular weight is 483 g/mol. The van der Waals surface area contributed by atoms with Crippen LogP contribution in [-0.2, 0) is 11.3 Å². The molecule has 0 N–H and O–H groups in total. The second-order valence-corrected chi connectivity index (χ2v) is 10.2. The highest BCUT2D eigenvalue weighted by Crippen LogP contribution is 2.30. The number of hydrogen-bond acceptors (Lipinski definition) is 8. The van der Waals surface area contributed by atoms with Crippen molar-refractivity contribution in [2.75, 3.05) is 14.2 Å². The van der Waals surface area contributed by atoms with Crippen LogP contribution >= 0.6 is 22.7 Å². The van der Waals surface area contributed by atoms with E-state index in [0.29, 0.717) is 17.2 Å². The van der Waals surface area contributed by atoms with Crippen LogP contribution in [0.1, 0.15) is 49.5 Å². The quantitative estimate of drug-likeness (QED) is 0.378. The third kappa shape index (κ3) is 4.59. The van der Waals surface area contributed by atoms with E-state index in [9.17, 15) is 4.79 Å². The van der Waals surface area contributed by atoms with Crippen molar-refractivity contribution in [3.63, 3.8) is 0 Å². The third-order valence-corrected chi connectivity index (χ3v) is 7.52. The van der Waals surface area contributed by atoms with Gasteiger partial charge < -0.3 is 9.64 Å². The second kappa shape index (κ2) is 9.50. The molecule has 172 valence electrons. The fourth-order valence-corrected chi connectivity index (χ4v) is 5.41. The number of carbonyl (C=O) groups excluding carboxylic acids is 1. The number of nitrogens with zero attached hydrogens (tertiary/aromatic N) is 6. The maximum Gasteiger partial charge on any atom is 0.257 e.